The summed E-state index contributed by atoms with van der Waals surface area (Å²) in [6, 6.07) is 29.6. The molecule has 0 saturated carbocycles. The number of nitrogens with zero attached hydrogens (tertiary/aromatic N) is 4. The smallest absolute Gasteiger partial charge is 0.462 e. The molecule has 0 amide bonds. The summed E-state index contributed by atoms with van der Waals surface area (Å²) in [6.45, 7) is -1.48. The van der Waals surface area contributed by atoms with Gasteiger partial charge < -0.3 is 62.3 Å². The molecule has 3 aromatic carbocycles. The van der Waals surface area contributed by atoms with E-state index in [2.05, 4.69) is 15.3 Å². The Morgan fingerprint density at radius 3 is 1.76 bits per heavy atom. The van der Waals surface area contributed by atoms with Gasteiger partial charge in [0.25, 0.3) is 0 Å². The van der Waals surface area contributed by atoms with Crippen molar-refractivity contribution in [1.29, 1.82) is 0 Å². The van der Waals surface area contributed by atoms with Gasteiger partial charge in [-0.3, -0.25) is 33.1 Å². The molecule has 2 aliphatic rings. The lowest BCUT2D eigenvalue weighted by molar-refractivity contribution is -0.301. The molecule has 0 radical (unpaired) electrons. The van der Waals surface area contributed by atoms with Crippen molar-refractivity contribution in [1.82, 2.24) is 19.5 Å². The highest BCUT2D eigenvalue weighted by Gasteiger charge is 2.58. The van der Waals surface area contributed by atoms with Gasteiger partial charge in [0, 0.05) is 48.8 Å². The van der Waals surface area contributed by atoms with Crippen LogP contribution >= 0.6 is 14.5 Å². The maximum Gasteiger partial charge on any atom is 0.481 e. The van der Waals surface area contributed by atoms with Gasteiger partial charge in [0.15, 0.2) is 47.6 Å². The number of carbonyl (C=O) groups is 5. The number of rotatable bonds is 22. The molecule has 2 saturated heterocycles. The maximum absolute atomic E-state index is 13.9. The summed E-state index contributed by atoms with van der Waals surface area (Å²) >= 11 is 5.16. The van der Waals surface area contributed by atoms with Crippen LogP contribution in [-0.2, 0) is 102 Å². The molecule has 0 spiro atoms. The van der Waals surface area contributed by atoms with Crippen LogP contribution in [0, 0.1) is 0 Å². The molecule has 12 atom stereocenters. The first-order valence-electron chi connectivity index (χ1n) is 23.2. The van der Waals surface area contributed by atoms with Crippen LogP contribution in [0.3, 0.4) is 0 Å². The first-order chi connectivity index (χ1) is 36.2. The minimum Gasteiger partial charge on any atom is -0.462 e. The first-order valence-corrected chi connectivity index (χ1v) is 27.3. The highest BCUT2D eigenvalue weighted by Crippen LogP contribution is 2.62. The number of benzene rings is 3. The van der Waals surface area contributed by atoms with Crippen LogP contribution < -0.4 is 5.32 Å². The summed E-state index contributed by atoms with van der Waals surface area (Å²) in [5, 5.41) is 3.73. The Bertz CT molecular complexity index is 2850. The third-order valence-electron chi connectivity index (χ3n) is 11.8. The first kappa shape index (κ1) is 57.6. The quantitative estimate of drug-likeness (QED) is 0.0371. The molecule has 2 fully saturated rings. The summed E-state index contributed by atoms with van der Waals surface area (Å²) in [5.74, 6) is -4.58. The van der Waals surface area contributed by atoms with Crippen molar-refractivity contribution < 1.29 is 94.3 Å². The number of fused-ring (bicyclic) bond motifs is 1. The molecule has 2 aliphatic heterocycles. The van der Waals surface area contributed by atoms with Crippen LogP contribution in [0.25, 0.3) is 11.2 Å². The number of hydrogen-bond acceptors (Lipinski definition) is 23. The summed E-state index contributed by atoms with van der Waals surface area (Å²) in [6.07, 6.45) is -12.8. The van der Waals surface area contributed by atoms with Crippen molar-refractivity contribution in [2.24, 2.45) is 0 Å². The third-order valence-corrected chi connectivity index (χ3v) is 15.3. The number of aromatic nitrogens is 4. The number of anilines is 1. The zero-order valence-corrected chi connectivity index (χ0v) is 44.4. The Morgan fingerprint density at radius 2 is 1.25 bits per heavy atom. The maximum atomic E-state index is 13.9. The third kappa shape index (κ3) is 13.5. The van der Waals surface area contributed by atoms with E-state index in [-0.39, 0.29) is 0 Å². The summed E-state index contributed by atoms with van der Waals surface area (Å²) in [7, 11) is -2.98. The van der Waals surface area contributed by atoms with E-state index in [0.717, 1.165) is 51.3 Å². The molecule has 0 aliphatic carbocycles. The lowest BCUT2D eigenvalue weighted by Gasteiger charge is -2.45. The molecule has 76 heavy (non-hydrogen) atoms. The summed E-state index contributed by atoms with van der Waals surface area (Å²) < 4.78 is 81.8. The fraction of sp³-hybridized carbons (Fsp3) is 0.417. The number of phosphoric ester groups is 1. The molecule has 28 heteroatoms. The molecule has 3 unspecified atom stereocenters. The average molecular weight is 1120 g/mol. The fourth-order valence-electron chi connectivity index (χ4n) is 8.96. The lowest BCUT2D eigenvalue weighted by Crippen LogP contribution is -2.65. The number of ether oxygens (including phenoxy) is 9. The monoisotopic (exact) mass is 1120 g/mol. The Hall–Kier alpha value is -6.12. The zero-order valence-electron chi connectivity index (χ0n) is 41.8. The van der Waals surface area contributed by atoms with E-state index in [1.165, 1.54) is 26.9 Å². The van der Waals surface area contributed by atoms with Crippen molar-refractivity contribution >= 4 is 73.2 Å². The van der Waals surface area contributed by atoms with E-state index in [4.69, 9.17) is 72.8 Å². The predicted molar refractivity (Wildman–Crippen MR) is 266 cm³/mol. The van der Waals surface area contributed by atoms with Gasteiger partial charge in [-0.25, -0.2) is 23.8 Å². The van der Waals surface area contributed by atoms with E-state index in [1.807, 2.05) is 91.0 Å². The van der Waals surface area contributed by atoms with Crippen molar-refractivity contribution in [3.63, 3.8) is 0 Å². The van der Waals surface area contributed by atoms with Gasteiger partial charge in [-0.05, 0) is 28.5 Å². The van der Waals surface area contributed by atoms with Gasteiger partial charge in [-0.2, -0.15) is 0 Å². The van der Waals surface area contributed by atoms with Crippen LogP contribution in [0.5, 0.6) is 0 Å². The van der Waals surface area contributed by atoms with Crippen LogP contribution in [0.15, 0.2) is 104 Å². The van der Waals surface area contributed by atoms with E-state index in [0.29, 0.717) is 17.0 Å². The second-order valence-electron chi connectivity index (χ2n) is 17.0. The van der Waals surface area contributed by atoms with Crippen LogP contribution in [0.4, 0.5) is 5.82 Å². The van der Waals surface area contributed by atoms with Crippen molar-refractivity contribution in [3.05, 3.63) is 120 Å². The van der Waals surface area contributed by atoms with Gasteiger partial charge in [0.2, 0.25) is 6.29 Å². The Kier molecular flexibility index (Phi) is 18.9. The number of nitrogens with one attached hydrogen (secondary N) is 1. The predicted octanol–water partition coefficient (Wildman–Crippen LogP) is 4.54. The molecular formula is C48H55N5O20P2S. The van der Waals surface area contributed by atoms with Crippen molar-refractivity contribution in [2.45, 2.75) is 102 Å². The number of esters is 5. The topological polar surface area (TPSA) is 309 Å². The van der Waals surface area contributed by atoms with Crippen LogP contribution in [0.1, 0.15) is 57.5 Å². The summed E-state index contributed by atoms with van der Waals surface area (Å²) in [4.78, 5) is 97.9. The minimum absolute atomic E-state index is 0.318. The van der Waals surface area contributed by atoms with E-state index >= 15 is 0 Å². The molecule has 3 N–H and O–H groups in total. The normalized spacial score (nSPS) is 24.5. The fourth-order valence-corrected chi connectivity index (χ4v) is 12.1. The number of carbonyl (C=O) groups excluding carboxylic acids is 5. The molecule has 5 aromatic rings. The van der Waals surface area contributed by atoms with E-state index < -0.39 is 124 Å². The molecular weight excluding hydrogens is 1060 g/mol. The SMILES string of the molecule is CO[C@@H]1[C@H](OC)[C@@H](COP(O)(=S)OP(=O)(O)O[C@@H]2O[C@H](C(COC(C)=O)OC(C)=O)[C@@H](OC(C)=O)[C@H](OC(C)=O)[C@@H]2OC(C)=O)O[C@H]1n1cnc2c(NC(c3ccccc3)(c3ccccc3)c3ccccc3)ncnc21. The molecule has 4 heterocycles. The van der Waals surface area contributed by atoms with Crippen molar-refractivity contribution in [2.75, 3.05) is 32.8 Å². The van der Waals surface area contributed by atoms with Crippen LogP contribution in [0.2, 0.25) is 0 Å². The second kappa shape index (κ2) is 24.9. The lowest BCUT2D eigenvalue weighted by atomic mass is 9.77. The molecule has 2 aromatic heterocycles. The van der Waals surface area contributed by atoms with Gasteiger partial charge in [-0.15, -0.1) is 0 Å². The molecule has 408 valence electrons. The average Bonchev–Trinajstić information content (AvgIpc) is 3.97. The largest absolute Gasteiger partial charge is 0.481 e. The number of hydrogen-bond donors (Lipinski definition) is 3. The van der Waals surface area contributed by atoms with E-state index in [1.54, 1.807) is 4.57 Å². The Balaban J connectivity index is 1.13. The Morgan fingerprint density at radius 1 is 0.711 bits per heavy atom. The highest BCUT2D eigenvalue weighted by molar-refractivity contribution is 8.08. The minimum atomic E-state index is -5.76. The number of phosphoric acid groups is 1. The number of imidazole rings is 1. The summed E-state index contributed by atoms with van der Waals surface area (Å²) in [5.41, 5.74) is 2.42. The molecule has 7 rings (SSSR count). The van der Waals surface area contributed by atoms with Gasteiger partial charge in [-0.1, -0.05) is 91.0 Å². The second-order valence-corrected chi connectivity index (χ2v) is 21.4. The number of methoxy groups -OCH3 is 2. The van der Waals surface area contributed by atoms with Gasteiger partial charge >= 0.3 is 44.4 Å². The molecule has 0 bridgehead atoms. The Labute approximate surface area is 440 Å². The van der Waals surface area contributed by atoms with Gasteiger partial charge in [0.1, 0.15) is 42.9 Å². The standard InChI is InChI=1S/C48H55N5O20P2S/c1-27(54)64-23-35(66-28(2)55)39-40(67-29(3)56)41(68-30(4)57)43(69-31(5)58)47(71-39)72-74(59,60)73-75(61,76)65-24-36-38(62-6)42(63-7)46(70-36)53-26-51-37-44(49-25-50-45(37)53)52-48(32-17-11-8-12-18-32,33-19-13-9-14-20-33)34-21-15-10-16-22-34/h8-22,25-26,35-36,38-43,46-47H,23-24H2,1-7H3,(H,59,60)(H,61,76)(H,49,50,52)/t35?,36-,38-,39-,40-,41+,42-,43+,46-,47+,75?/m1/s1. The zero-order chi connectivity index (χ0) is 55.0. The highest BCUT2D eigenvalue weighted by atomic mass is 32.5. The van der Waals surface area contributed by atoms with E-state index in [9.17, 15) is 38.3 Å². The van der Waals surface area contributed by atoms with Crippen LogP contribution in [-0.4, -0.2) is 142 Å². The van der Waals surface area contributed by atoms with Gasteiger partial charge in [0.05, 0.1) is 12.9 Å². The molecule has 25 nitrogen and oxygen atoms in total. The van der Waals surface area contributed by atoms with Crippen molar-refractivity contribution in [3.8, 4) is 0 Å².